The minimum absolute atomic E-state index is 0.272. The highest BCUT2D eigenvalue weighted by Gasteiger charge is 2.20. The molecule has 3 amide bonds. The first-order valence-electron chi connectivity index (χ1n) is 8.53. The third-order valence-electron chi connectivity index (χ3n) is 3.78. The molecule has 0 bridgehead atoms. The summed E-state index contributed by atoms with van der Waals surface area (Å²) in [4.78, 5) is 35.3. The molecule has 6 heteroatoms. The number of carbonyl (C=O) groups is 3. The smallest absolute Gasteiger partial charge is 0.254 e. The van der Waals surface area contributed by atoms with Crippen LogP contribution >= 0.6 is 0 Å². The largest absolute Gasteiger partial charge is 0.368 e. The molecule has 0 radical (unpaired) electrons. The van der Waals surface area contributed by atoms with E-state index in [1.807, 2.05) is 6.08 Å². The summed E-state index contributed by atoms with van der Waals surface area (Å²) in [5.74, 6) is -1.26. The number of para-hydroxylation sites is 1. The Kier molecular flexibility index (Phi) is 9.00. The predicted molar refractivity (Wildman–Crippen MR) is 99.1 cm³/mol. The van der Waals surface area contributed by atoms with Crippen molar-refractivity contribution < 1.29 is 14.4 Å². The minimum atomic E-state index is -0.725. The van der Waals surface area contributed by atoms with Crippen LogP contribution in [0.2, 0.25) is 0 Å². The van der Waals surface area contributed by atoms with E-state index in [0.717, 1.165) is 32.1 Å². The van der Waals surface area contributed by atoms with Crippen molar-refractivity contribution in [1.29, 1.82) is 0 Å². The second kappa shape index (κ2) is 11.0. The summed E-state index contributed by atoms with van der Waals surface area (Å²) < 4.78 is 0. The Bertz CT molecular complexity index is 614. The number of carbonyl (C=O) groups excluding carboxylic acids is 3. The van der Waals surface area contributed by atoms with E-state index in [2.05, 4.69) is 17.2 Å². The van der Waals surface area contributed by atoms with Crippen molar-refractivity contribution in [3.8, 4) is 0 Å². The van der Waals surface area contributed by atoms with Gasteiger partial charge in [0.15, 0.2) is 0 Å². The van der Waals surface area contributed by atoms with Gasteiger partial charge in [0.2, 0.25) is 11.8 Å². The summed E-state index contributed by atoms with van der Waals surface area (Å²) in [6.07, 6.45) is 7.26. The average molecular weight is 345 g/mol. The minimum Gasteiger partial charge on any atom is -0.368 e. The van der Waals surface area contributed by atoms with Crippen molar-refractivity contribution in [2.75, 3.05) is 5.32 Å². The van der Waals surface area contributed by atoms with Gasteiger partial charge >= 0.3 is 0 Å². The highest BCUT2D eigenvalue weighted by atomic mass is 16.2. The van der Waals surface area contributed by atoms with Crippen LogP contribution in [-0.4, -0.2) is 23.8 Å². The maximum Gasteiger partial charge on any atom is 0.254 e. The van der Waals surface area contributed by atoms with E-state index in [1.165, 1.54) is 6.92 Å². The summed E-state index contributed by atoms with van der Waals surface area (Å²) in [5, 5.41) is 5.27. The normalized spacial score (nSPS) is 11.4. The molecular formula is C19H27N3O3. The van der Waals surface area contributed by atoms with Crippen molar-refractivity contribution in [3.05, 3.63) is 42.5 Å². The number of hydrogen-bond acceptors (Lipinski definition) is 3. The molecule has 1 aromatic carbocycles. The third kappa shape index (κ3) is 7.65. The molecule has 0 saturated heterocycles. The first-order chi connectivity index (χ1) is 12.0. The van der Waals surface area contributed by atoms with Crippen LogP contribution in [-0.2, 0) is 9.59 Å². The number of allylic oxidation sites excluding steroid dienone is 1. The summed E-state index contributed by atoms with van der Waals surface area (Å²) >= 11 is 0. The van der Waals surface area contributed by atoms with Crippen LogP contribution in [0.1, 0.15) is 55.8 Å². The number of anilines is 1. The molecule has 0 unspecified atom stereocenters. The number of nitrogens with two attached hydrogens (primary N) is 1. The van der Waals surface area contributed by atoms with Crippen LogP contribution in [0.4, 0.5) is 5.69 Å². The Hall–Kier alpha value is -2.63. The number of rotatable bonds is 11. The van der Waals surface area contributed by atoms with E-state index in [0.29, 0.717) is 17.7 Å². The molecule has 136 valence electrons. The second-order valence-corrected chi connectivity index (χ2v) is 5.94. The van der Waals surface area contributed by atoms with Gasteiger partial charge in [-0.05, 0) is 31.4 Å². The maximum absolute atomic E-state index is 12.5. The van der Waals surface area contributed by atoms with E-state index < -0.39 is 17.9 Å². The Morgan fingerprint density at radius 2 is 1.84 bits per heavy atom. The standard InChI is InChI=1S/C19H27N3O3/c1-3-4-5-6-7-8-13-17(18(20)24)22-19(25)15-11-9-10-12-16(15)21-14(2)23/h3,9-12,17H,1,4-8,13H2,2H3,(H2,20,24)(H,21,23)(H,22,25)/t17-/m0/s1. The zero-order valence-electron chi connectivity index (χ0n) is 14.7. The van der Waals surface area contributed by atoms with Gasteiger partial charge in [-0.1, -0.05) is 37.5 Å². The molecule has 25 heavy (non-hydrogen) atoms. The Balaban J connectivity index is 2.63. The van der Waals surface area contributed by atoms with E-state index >= 15 is 0 Å². The number of benzene rings is 1. The van der Waals surface area contributed by atoms with Gasteiger partial charge in [0, 0.05) is 6.92 Å². The van der Waals surface area contributed by atoms with Gasteiger partial charge in [0.25, 0.3) is 5.91 Å². The lowest BCUT2D eigenvalue weighted by atomic mass is 10.0. The summed E-state index contributed by atoms with van der Waals surface area (Å²) in [5.41, 5.74) is 6.11. The number of hydrogen-bond donors (Lipinski definition) is 3. The lowest BCUT2D eigenvalue weighted by Gasteiger charge is -2.17. The van der Waals surface area contributed by atoms with Crippen molar-refractivity contribution in [1.82, 2.24) is 5.32 Å². The SMILES string of the molecule is C=CCCCCCC[C@H](NC(=O)c1ccccc1NC(C)=O)C(N)=O. The Labute approximate surface area is 148 Å². The summed E-state index contributed by atoms with van der Waals surface area (Å²) in [6.45, 7) is 5.05. The lowest BCUT2D eigenvalue weighted by molar-refractivity contribution is -0.120. The molecule has 0 aromatic heterocycles. The zero-order valence-corrected chi connectivity index (χ0v) is 14.7. The molecule has 0 saturated carbocycles. The van der Waals surface area contributed by atoms with Crippen molar-refractivity contribution in [2.45, 2.75) is 51.5 Å². The van der Waals surface area contributed by atoms with Gasteiger partial charge in [0.05, 0.1) is 11.3 Å². The molecule has 0 aliphatic carbocycles. The first-order valence-corrected chi connectivity index (χ1v) is 8.53. The van der Waals surface area contributed by atoms with Crippen LogP contribution in [0.15, 0.2) is 36.9 Å². The topological polar surface area (TPSA) is 101 Å². The van der Waals surface area contributed by atoms with E-state index in [9.17, 15) is 14.4 Å². The van der Waals surface area contributed by atoms with Crippen molar-refractivity contribution >= 4 is 23.4 Å². The Morgan fingerprint density at radius 3 is 2.48 bits per heavy atom. The molecule has 0 spiro atoms. The van der Waals surface area contributed by atoms with E-state index in [1.54, 1.807) is 24.3 Å². The fourth-order valence-corrected chi connectivity index (χ4v) is 2.49. The van der Waals surface area contributed by atoms with Crippen LogP contribution < -0.4 is 16.4 Å². The van der Waals surface area contributed by atoms with E-state index in [-0.39, 0.29) is 5.91 Å². The highest BCUT2D eigenvalue weighted by molar-refractivity contribution is 6.04. The third-order valence-corrected chi connectivity index (χ3v) is 3.78. The van der Waals surface area contributed by atoms with Crippen LogP contribution in [0, 0.1) is 0 Å². The highest BCUT2D eigenvalue weighted by Crippen LogP contribution is 2.16. The van der Waals surface area contributed by atoms with Crippen LogP contribution in [0.5, 0.6) is 0 Å². The average Bonchev–Trinajstić information content (AvgIpc) is 2.56. The maximum atomic E-state index is 12.5. The van der Waals surface area contributed by atoms with E-state index in [4.69, 9.17) is 5.73 Å². The van der Waals surface area contributed by atoms with Crippen LogP contribution in [0.25, 0.3) is 0 Å². The number of amides is 3. The summed E-state index contributed by atoms with van der Waals surface area (Å²) in [7, 11) is 0. The quantitative estimate of drug-likeness (QED) is 0.424. The molecule has 1 atom stereocenters. The number of unbranched alkanes of at least 4 members (excludes halogenated alkanes) is 4. The van der Waals surface area contributed by atoms with Crippen LogP contribution in [0.3, 0.4) is 0 Å². The molecule has 0 heterocycles. The molecule has 0 aliphatic heterocycles. The molecule has 1 aromatic rings. The first kappa shape index (κ1) is 20.4. The second-order valence-electron chi connectivity index (χ2n) is 5.94. The fraction of sp³-hybridized carbons (Fsp3) is 0.421. The molecule has 0 aliphatic rings. The van der Waals surface area contributed by atoms with Gasteiger partial charge in [-0.3, -0.25) is 14.4 Å². The van der Waals surface area contributed by atoms with Gasteiger partial charge in [0.1, 0.15) is 6.04 Å². The molecule has 1 rings (SSSR count). The summed E-state index contributed by atoms with van der Waals surface area (Å²) in [6, 6.07) is 5.91. The van der Waals surface area contributed by atoms with Crippen molar-refractivity contribution in [3.63, 3.8) is 0 Å². The Morgan fingerprint density at radius 1 is 1.16 bits per heavy atom. The molecule has 0 fully saturated rings. The van der Waals surface area contributed by atoms with Gasteiger partial charge in [-0.25, -0.2) is 0 Å². The van der Waals surface area contributed by atoms with Gasteiger partial charge in [-0.15, -0.1) is 6.58 Å². The molecule has 6 nitrogen and oxygen atoms in total. The lowest BCUT2D eigenvalue weighted by Crippen LogP contribution is -2.44. The zero-order chi connectivity index (χ0) is 18.7. The van der Waals surface area contributed by atoms with Gasteiger partial charge < -0.3 is 16.4 Å². The van der Waals surface area contributed by atoms with Crippen molar-refractivity contribution in [2.24, 2.45) is 5.73 Å². The molecular weight excluding hydrogens is 318 g/mol. The fourth-order valence-electron chi connectivity index (χ4n) is 2.49. The monoisotopic (exact) mass is 345 g/mol. The number of primary amides is 1. The van der Waals surface area contributed by atoms with Gasteiger partial charge in [-0.2, -0.15) is 0 Å². The molecule has 4 N–H and O–H groups in total. The number of nitrogens with one attached hydrogen (secondary N) is 2. The predicted octanol–water partition coefficient (Wildman–Crippen LogP) is 2.76.